The van der Waals surface area contributed by atoms with Gasteiger partial charge in [0.15, 0.2) is 0 Å². The minimum absolute atomic E-state index is 0.684. The van der Waals surface area contributed by atoms with Gasteiger partial charge in [-0.15, -0.1) is 0 Å². The molecule has 90 valence electrons. The summed E-state index contributed by atoms with van der Waals surface area (Å²) in [7, 11) is 2.07. The smallest absolute Gasteiger partial charge is 0.134 e. The van der Waals surface area contributed by atoms with Gasteiger partial charge in [0.2, 0.25) is 0 Å². The average molecular weight is 229 g/mol. The number of hydrogen-bond acceptors (Lipinski definition) is 2. The highest BCUT2D eigenvalue weighted by atomic mass is 16.3. The van der Waals surface area contributed by atoms with Crippen molar-refractivity contribution in [3.8, 4) is 0 Å². The van der Waals surface area contributed by atoms with Gasteiger partial charge in [-0.25, -0.2) is 0 Å². The van der Waals surface area contributed by atoms with E-state index in [0.717, 1.165) is 5.58 Å². The van der Waals surface area contributed by atoms with Crippen LogP contribution in [0.25, 0.3) is 11.0 Å². The maximum Gasteiger partial charge on any atom is 0.134 e. The summed E-state index contributed by atoms with van der Waals surface area (Å²) in [6.07, 6.45) is 7.07. The van der Waals surface area contributed by atoms with Crippen molar-refractivity contribution in [1.29, 1.82) is 0 Å². The first kappa shape index (κ1) is 10.8. The molecule has 3 rings (SSSR count). The molecule has 1 heterocycles. The Labute approximate surface area is 102 Å². The maximum atomic E-state index is 5.64. The first-order valence-corrected chi connectivity index (χ1v) is 6.52. The average Bonchev–Trinajstić information content (AvgIpc) is 2.83. The van der Waals surface area contributed by atoms with Crippen LogP contribution in [0.3, 0.4) is 0 Å². The molecule has 0 radical (unpaired) electrons. The molecule has 0 atom stereocenters. The summed E-state index contributed by atoms with van der Waals surface area (Å²) >= 11 is 0. The molecule has 0 amide bonds. The van der Waals surface area contributed by atoms with Gasteiger partial charge >= 0.3 is 0 Å². The topological polar surface area (TPSA) is 25.2 Å². The molecule has 0 aliphatic heterocycles. The normalized spacial score (nSPS) is 25.2. The minimum Gasteiger partial charge on any atom is -0.464 e. The molecule has 2 heteroatoms. The highest BCUT2D eigenvalue weighted by Gasteiger charge is 2.23. The first-order valence-electron chi connectivity index (χ1n) is 6.52. The molecule has 1 aliphatic rings. The fourth-order valence-corrected chi connectivity index (χ4v) is 3.01. The lowest BCUT2D eigenvalue weighted by molar-refractivity contribution is 0.358. The standard InChI is InChI=1S/C15H19NO/c1-16-12-8-6-11(7-9-12)14-10-17-15-5-3-2-4-13(14)15/h2-5,10-12,16H,6-9H2,1H3. The highest BCUT2D eigenvalue weighted by Crippen LogP contribution is 2.37. The van der Waals surface area contributed by atoms with Gasteiger partial charge in [0.05, 0.1) is 6.26 Å². The third kappa shape index (κ3) is 1.98. The van der Waals surface area contributed by atoms with Crippen LogP contribution < -0.4 is 5.32 Å². The lowest BCUT2D eigenvalue weighted by Gasteiger charge is -2.27. The van der Waals surface area contributed by atoms with E-state index in [4.69, 9.17) is 4.42 Å². The van der Waals surface area contributed by atoms with Crippen molar-refractivity contribution < 1.29 is 4.42 Å². The predicted octanol–water partition coefficient (Wildman–Crippen LogP) is 3.68. The Balaban J connectivity index is 1.85. The maximum absolute atomic E-state index is 5.64. The van der Waals surface area contributed by atoms with E-state index in [0.29, 0.717) is 12.0 Å². The number of furan rings is 1. The number of fused-ring (bicyclic) bond motifs is 1. The van der Waals surface area contributed by atoms with Crippen LogP contribution in [0.4, 0.5) is 0 Å². The summed E-state index contributed by atoms with van der Waals surface area (Å²) in [4.78, 5) is 0. The summed E-state index contributed by atoms with van der Waals surface area (Å²) < 4.78 is 5.64. The van der Waals surface area contributed by atoms with E-state index in [-0.39, 0.29) is 0 Å². The van der Waals surface area contributed by atoms with Crippen LogP contribution in [-0.2, 0) is 0 Å². The third-order valence-electron chi connectivity index (χ3n) is 4.09. The molecule has 17 heavy (non-hydrogen) atoms. The monoisotopic (exact) mass is 229 g/mol. The summed E-state index contributed by atoms with van der Waals surface area (Å²) in [5, 5.41) is 4.69. The number of para-hydroxylation sites is 1. The lowest BCUT2D eigenvalue weighted by atomic mass is 9.82. The Kier molecular flexibility index (Phi) is 2.89. The lowest BCUT2D eigenvalue weighted by Crippen LogP contribution is -2.29. The van der Waals surface area contributed by atoms with E-state index < -0.39 is 0 Å². The van der Waals surface area contributed by atoms with E-state index in [1.165, 1.54) is 36.6 Å². The van der Waals surface area contributed by atoms with E-state index in [1.807, 2.05) is 12.3 Å². The molecule has 1 saturated carbocycles. The van der Waals surface area contributed by atoms with Crippen molar-refractivity contribution in [2.75, 3.05) is 7.05 Å². The van der Waals surface area contributed by atoms with Gasteiger partial charge in [0.25, 0.3) is 0 Å². The second kappa shape index (κ2) is 4.53. The van der Waals surface area contributed by atoms with Gasteiger partial charge in [0, 0.05) is 17.0 Å². The van der Waals surface area contributed by atoms with Crippen molar-refractivity contribution in [1.82, 2.24) is 5.32 Å². The molecule has 1 N–H and O–H groups in total. The Bertz CT molecular complexity index is 494. The zero-order chi connectivity index (χ0) is 11.7. The number of nitrogens with one attached hydrogen (secondary N) is 1. The van der Waals surface area contributed by atoms with Crippen LogP contribution in [0.5, 0.6) is 0 Å². The quantitative estimate of drug-likeness (QED) is 0.849. The van der Waals surface area contributed by atoms with Crippen molar-refractivity contribution in [3.63, 3.8) is 0 Å². The van der Waals surface area contributed by atoms with Crippen molar-refractivity contribution in [2.24, 2.45) is 0 Å². The van der Waals surface area contributed by atoms with Crippen LogP contribution in [0, 0.1) is 0 Å². The zero-order valence-corrected chi connectivity index (χ0v) is 10.3. The minimum atomic E-state index is 0.684. The predicted molar refractivity (Wildman–Crippen MR) is 70.3 cm³/mol. The molecule has 1 aromatic carbocycles. The first-order chi connectivity index (χ1) is 8.38. The third-order valence-corrected chi connectivity index (χ3v) is 4.09. The highest BCUT2D eigenvalue weighted by molar-refractivity contribution is 5.81. The van der Waals surface area contributed by atoms with Crippen LogP contribution in [-0.4, -0.2) is 13.1 Å². The number of benzene rings is 1. The Morgan fingerprint density at radius 3 is 2.65 bits per heavy atom. The molecule has 1 aliphatic carbocycles. The van der Waals surface area contributed by atoms with Crippen molar-refractivity contribution in [3.05, 3.63) is 36.1 Å². The Morgan fingerprint density at radius 2 is 1.88 bits per heavy atom. The van der Waals surface area contributed by atoms with Gasteiger partial charge in [-0.1, -0.05) is 18.2 Å². The number of rotatable bonds is 2. The molecule has 0 saturated heterocycles. The molecular formula is C15H19NO. The molecular weight excluding hydrogens is 210 g/mol. The molecule has 0 bridgehead atoms. The van der Waals surface area contributed by atoms with Crippen molar-refractivity contribution in [2.45, 2.75) is 37.6 Å². The Morgan fingerprint density at radius 1 is 1.12 bits per heavy atom. The van der Waals surface area contributed by atoms with Crippen LogP contribution in [0.15, 0.2) is 34.9 Å². The van der Waals surface area contributed by atoms with E-state index in [9.17, 15) is 0 Å². The van der Waals surface area contributed by atoms with Gasteiger partial charge in [-0.05, 0) is 44.7 Å². The molecule has 1 aromatic heterocycles. The fourth-order valence-electron chi connectivity index (χ4n) is 3.01. The summed E-state index contributed by atoms with van der Waals surface area (Å²) in [5.74, 6) is 0.684. The van der Waals surface area contributed by atoms with E-state index in [2.05, 4.69) is 30.6 Å². The van der Waals surface area contributed by atoms with Crippen molar-refractivity contribution >= 4 is 11.0 Å². The van der Waals surface area contributed by atoms with Gasteiger partial charge in [-0.2, -0.15) is 0 Å². The summed E-state index contributed by atoms with van der Waals surface area (Å²) in [6.45, 7) is 0. The molecule has 0 spiro atoms. The second-order valence-corrected chi connectivity index (χ2v) is 5.02. The number of hydrogen-bond donors (Lipinski definition) is 1. The summed E-state index contributed by atoms with van der Waals surface area (Å²) in [5.41, 5.74) is 2.44. The summed E-state index contributed by atoms with van der Waals surface area (Å²) in [6, 6.07) is 9.08. The van der Waals surface area contributed by atoms with Gasteiger partial charge in [-0.3, -0.25) is 0 Å². The zero-order valence-electron chi connectivity index (χ0n) is 10.3. The molecule has 2 nitrogen and oxygen atoms in total. The molecule has 2 aromatic rings. The fraction of sp³-hybridized carbons (Fsp3) is 0.467. The second-order valence-electron chi connectivity index (χ2n) is 5.02. The van der Waals surface area contributed by atoms with Crippen LogP contribution in [0.1, 0.15) is 37.2 Å². The molecule has 1 fully saturated rings. The Hall–Kier alpha value is -1.28. The van der Waals surface area contributed by atoms with Gasteiger partial charge < -0.3 is 9.73 Å². The van der Waals surface area contributed by atoms with Gasteiger partial charge in [0.1, 0.15) is 5.58 Å². The van der Waals surface area contributed by atoms with Crippen LogP contribution in [0.2, 0.25) is 0 Å². The van der Waals surface area contributed by atoms with Crippen LogP contribution >= 0.6 is 0 Å². The van der Waals surface area contributed by atoms with E-state index in [1.54, 1.807) is 0 Å². The SMILES string of the molecule is CNC1CCC(c2coc3ccccc23)CC1. The van der Waals surface area contributed by atoms with E-state index >= 15 is 0 Å². The molecule has 0 unspecified atom stereocenters. The largest absolute Gasteiger partial charge is 0.464 e.